The Morgan fingerprint density at radius 1 is 1.24 bits per heavy atom. The maximum absolute atomic E-state index is 5.98. The molecule has 4 rings (SSSR count). The first-order valence-electron chi connectivity index (χ1n) is 6.28. The standard InChI is InChI=1S/C16H11N2O2.Ir/c1-19-13-7-3-8-14-15(13)11-5-2-6-12(16(11)20-14)18-10-4-9-17-18;/h2-5,7-10H,1H3;/q-1;. The van der Waals surface area contributed by atoms with E-state index >= 15 is 0 Å². The van der Waals surface area contributed by atoms with Crippen LogP contribution in [0, 0.1) is 6.07 Å². The van der Waals surface area contributed by atoms with Gasteiger partial charge in [0.05, 0.1) is 7.11 Å². The van der Waals surface area contributed by atoms with Gasteiger partial charge in [-0.25, -0.2) is 0 Å². The average Bonchev–Trinajstić information content (AvgIpc) is 3.13. The molecule has 2 aromatic carbocycles. The van der Waals surface area contributed by atoms with Gasteiger partial charge in [0.2, 0.25) is 0 Å². The van der Waals surface area contributed by atoms with Crippen LogP contribution in [-0.4, -0.2) is 16.9 Å². The SMILES string of the molecule is COc1cccc2oc3c(-n4cccn4)[c-]ccc3c12.[Ir]. The summed E-state index contributed by atoms with van der Waals surface area (Å²) < 4.78 is 13.2. The van der Waals surface area contributed by atoms with Gasteiger partial charge >= 0.3 is 0 Å². The van der Waals surface area contributed by atoms with Crippen molar-refractivity contribution < 1.29 is 29.3 Å². The molecular weight excluding hydrogens is 444 g/mol. The first-order chi connectivity index (χ1) is 9.88. The molecule has 0 fully saturated rings. The van der Waals surface area contributed by atoms with Crippen LogP contribution in [0.15, 0.2) is 53.2 Å². The summed E-state index contributed by atoms with van der Waals surface area (Å²) in [5.74, 6) is 0.805. The Hall–Kier alpha value is -2.10. The van der Waals surface area contributed by atoms with E-state index in [1.54, 1.807) is 18.0 Å². The van der Waals surface area contributed by atoms with Crippen molar-refractivity contribution in [2.75, 3.05) is 7.11 Å². The molecule has 0 atom stereocenters. The van der Waals surface area contributed by atoms with E-state index in [0.29, 0.717) is 0 Å². The van der Waals surface area contributed by atoms with Crippen LogP contribution in [0.3, 0.4) is 0 Å². The molecule has 0 saturated carbocycles. The molecule has 1 radical (unpaired) electrons. The van der Waals surface area contributed by atoms with Gasteiger partial charge in [0.25, 0.3) is 0 Å². The van der Waals surface area contributed by atoms with E-state index < -0.39 is 0 Å². The van der Waals surface area contributed by atoms with Crippen LogP contribution in [0.4, 0.5) is 0 Å². The fraction of sp³-hybridized carbons (Fsp3) is 0.0625. The third-order valence-corrected chi connectivity index (χ3v) is 3.35. The molecule has 0 saturated heterocycles. The molecule has 0 amide bonds. The minimum absolute atomic E-state index is 0. The topological polar surface area (TPSA) is 40.2 Å². The van der Waals surface area contributed by atoms with Crippen LogP contribution in [0.1, 0.15) is 0 Å². The number of aromatic nitrogens is 2. The van der Waals surface area contributed by atoms with Gasteiger partial charge < -0.3 is 9.15 Å². The minimum atomic E-state index is 0. The molecule has 4 nitrogen and oxygen atoms in total. The average molecular weight is 455 g/mol. The summed E-state index contributed by atoms with van der Waals surface area (Å²) in [5, 5.41) is 6.22. The summed E-state index contributed by atoms with van der Waals surface area (Å²) in [5.41, 5.74) is 2.36. The molecule has 4 aromatic rings. The molecule has 0 unspecified atom stereocenters. The number of rotatable bonds is 2. The van der Waals surface area contributed by atoms with E-state index in [4.69, 9.17) is 9.15 Å². The van der Waals surface area contributed by atoms with Gasteiger partial charge in [-0.05, 0) is 23.9 Å². The molecule has 0 aliphatic heterocycles. The maximum atomic E-state index is 5.98. The van der Waals surface area contributed by atoms with E-state index in [9.17, 15) is 0 Å². The second-order valence-electron chi connectivity index (χ2n) is 4.46. The maximum Gasteiger partial charge on any atom is 0.128 e. The Kier molecular flexibility index (Phi) is 3.53. The molecule has 0 aliphatic carbocycles. The van der Waals surface area contributed by atoms with Crippen LogP contribution in [0.5, 0.6) is 5.75 Å². The summed E-state index contributed by atoms with van der Waals surface area (Å²) in [7, 11) is 1.66. The number of hydrogen-bond donors (Lipinski definition) is 0. The number of hydrogen-bond acceptors (Lipinski definition) is 3. The third kappa shape index (κ3) is 2.06. The Labute approximate surface area is 134 Å². The second kappa shape index (κ2) is 5.35. The zero-order valence-electron chi connectivity index (χ0n) is 11.2. The first-order valence-corrected chi connectivity index (χ1v) is 6.28. The molecule has 0 bridgehead atoms. The number of ether oxygens (including phenoxy) is 1. The number of furan rings is 1. The van der Waals surface area contributed by atoms with Crippen molar-refractivity contribution in [3.8, 4) is 11.4 Å². The van der Waals surface area contributed by atoms with Crippen molar-refractivity contribution in [1.29, 1.82) is 0 Å². The number of benzene rings is 2. The molecular formula is C16H11IrN2O2-. The third-order valence-electron chi connectivity index (χ3n) is 3.35. The molecule has 5 heteroatoms. The fourth-order valence-electron chi connectivity index (χ4n) is 2.49. The number of fused-ring (bicyclic) bond motifs is 3. The van der Waals surface area contributed by atoms with Crippen LogP contribution >= 0.6 is 0 Å². The van der Waals surface area contributed by atoms with Crippen molar-refractivity contribution in [3.05, 3.63) is 54.9 Å². The summed E-state index contributed by atoms with van der Waals surface area (Å²) >= 11 is 0. The van der Waals surface area contributed by atoms with Gasteiger partial charge in [-0.2, -0.15) is 23.3 Å². The Bertz CT molecular complexity index is 897. The van der Waals surface area contributed by atoms with Gasteiger partial charge in [0.15, 0.2) is 0 Å². The van der Waals surface area contributed by atoms with Gasteiger partial charge in [-0.1, -0.05) is 11.5 Å². The zero-order valence-corrected chi connectivity index (χ0v) is 13.6. The predicted molar refractivity (Wildman–Crippen MR) is 76.2 cm³/mol. The van der Waals surface area contributed by atoms with E-state index in [1.165, 1.54) is 0 Å². The van der Waals surface area contributed by atoms with Crippen LogP contribution < -0.4 is 4.74 Å². The van der Waals surface area contributed by atoms with Gasteiger partial charge in [0.1, 0.15) is 11.3 Å². The molecule has 2 heterocycles. The molecule has 107 valence electrons. The summed E-state index contributed by atoms with van der Waals surface area (Å²) in [6.07, 6.45) is 3.60. The summed E-state index contributed by atoms with van der Waals surface area (Å²) in [6.45, 7) is 0. The molecule has 21 heavy (non-hydrogen) atoms. The molecule has 0 aliphatic rings. The van der Waals surface area contributed by atoms with Crippen molar-refractivity contribution in [2.24, 2.45) is 0 Å². The van der Waals surface area contributed by atoms with Crippen molar-refractivity contribution in [3.63, 3.8) is 0 Å². The van der Waals surface area contributed by atoms with Crippen molar-refractivity contribution in [1.82, 2.24) is 9.78 Å². The summed E-state index contributed by atoms with van der Waals surface area (Å²) in [6, 6.07) is 14.7. The largest absolute Gasteiger partial charge is 0.513 e. The normalized spacial score (nSPS) is 10.7. The zero-order chi connectivity index (χ0) is 13.5. The minimum Gasteiger partial charge on any atom is -0.513 e. The van der Waals surface area contributed by atoms with Crippen LogP contribution in [0.25, 0.3) is 27.6 Å². The van der Waals surface area contributed by atoms with Crippen LogP contribution in [-0.2, 0) is 20.1 Å². The molecule has 0 spiro atoms. The second-order valence-corrected chi connectivity index (χ2v) is 4.46. The van der Waals surface area contributed by atoms with Gasteiger partial charge in [-0.3, -0.25) is 4.68 Å². The van der Waals surface area contributed by atoms with E-state index in [2.05, 4.69) is 11.2 Å². The van der Waals surface area contributed by atoms with Crippen molar-refractivity contribution >= 4 is 21.9 Å². The molecule has 0 N–H and O–H groups in total. The van der Waals surface area contributed by atoms with E-state index in [-0.39, 0.29) is 20.1 Å². The smallest absolute Gasteiger partial charge is 0.128 e. The number of nitrogens with zero attached hydrogens (tertiary/aromatic N) is 2. The first kappa shape index (κ1) is 13.9. The monoisotopic (exact) mass is 456 g/mol. The van der Waals surface area contributed by atoms with E-state index in [0.717, 1.165) is 33.4 Å². The Balaban J connectivity index is 0.00000132. The fourth-order valence-corrected chi connectivity index (χ4v) is 2.49. The van der Waals surface area contributed by atoms with Gasteiger partial charge in [-0.15, -0.1) is 0 Å². The Morgan fingerprint density at radius 2 is 2.14 bits per heavy atom. The summed E-state index contributed by atoms with van der Waals surface area (Å²) in [4.78, 5) is 0. The predicted octanol–water partition coefficient (Wildman–Crippen LogP) is 3.58. The Morgan fingerprint density at radius 3 is 2.90 bits per heavy atom. The quantitative estimate of drug-likeness (QED) is 0.434. The van der Waals surface area contributed by atoms with Crippen molar-refractivity contribution in [2.45, 2.75) is 0 Å². The van der Waals surface area contributed by atoms with E-state index in [1.807, 2.05) is 42.6 Å². The van der Waals surface area contributed by atoms with Gasteiger partial charge in [0, 0.05) is 43.5 Å². The number of methoxy groups -OCH3 is 1. The van der Waals surface area contributed by atoms with Crippen LogP contribution in [0.2, 0.25) is 0 Å². The molecule has 2 aromatic heterocycles.